The maximum absolute atomic E-state index is 13.1. The summed E-state index contributed by atoms with van der Waals surface area (Å²) in [5, 5.41) is 2.88. The van der Waals surface area contributed by atoms with Crippen LogP contribution in [-0.4, -0.2) is 21.8 Å². The van der Waals surface area contributed by atoms with Gasteiger partial charge in [0.1, 0.15) is 11.5 Å². The number of nitrogens with zero attached hydrogens (tertiary/aromatic N) is 2. The number of carbonyl (C=O) groups is 1. The van der Waals surface area contributed by atoms with Crippen LogP contribution in [0.5, 0.6) is 0 Å². The first-order chi connectivity index (χ1) is 11.1. The molecule has 0 bridgehead atoms. The van der Waals surface area contributed by atoms with Crippen molar-refractivity contribution in [2.45, 2.75) is 12.8 Å². The van der Waals surface area contributed by atoms with Gasteiger partial charge in [-0.1, -0.05) is 28.1 Å². The van der Waals surface area contributed by atoms with Gasteiger partial charge in [0, 0.05) is 29.8 Å². The fourth-order valence-corrected chi connectivity index (χ4v) is 2.58. The lowest BCUT2D eigenvalue weighted by Crippen LogP contribution is -2.27. The Labute approximate surface area is 141 Å². The number of benzene rings is 1. The van der Waals surface area contributed by atoms with Crippen LogP contribution in [0.15, 0.2) is 53.3 Å². The van der Waals surface area contributed by atoms with Crippen molar-refractivity contribution >= 4 is 27.5 Å². The van der Waals surface area contributed by atoms with Crippen LogP contribution in [-0.2, 0) is 17.6 Å². The number of carbonyl (C=O) groups excluding carboxylic acids is 1. The van der Waals surface area contributed by atoms with Crippen LogP contribution >= 0.6 is 15.9 Å². The minimum absolute atomic E-state index is 0.0258. The van der Waals surface area contributed by atoms with E-state index in [1.54, 1.807) is 16.7 Å². The Bertz CT molecular complexity index is 829. The zero-order valence-corrected chi connectivity index (χ0v) is 13.9. The lowest BCUT2D eigenvalue weighted by molar-refractivity contribution is -0.120. The third-order valence-corrected chi connectivity index (χ3v) is 3.97. The van der Waals surface area contributed by atoms with Crippen molar-refractivity contribution in [1.29, 1.82) is 0 Å². The number of hydrogen-bond donors (Lipinski definition) is 1. The maximum Gasteiger partial charge on any atom is 0.224 e. The second kappa shape index (κ2) is 6.91. The number of hydrogen-bond acceptors (Lipinski definition) is 2. The van der Waals surface area contributed by atoms with Crippen molar-refractivity contribution in [3.8, 4) is 0 Å². The molecule has 0 saturated carbocycles. The number of aromatic nitrogens is 2. The Morgan fingerprint density at radius 2 is 1.96 bits per heavy atom. The maximum atomic E-state index is 13.1. The van der Waals surface area contributed by atoms with Gasteiger partial charge in [-0.15, -0.1) is 0 Å². The van der Waals surface area contributed by atoms with E-state index in [-0.39, 0.29) is 11.7 Å². The second-order valence-electron chi connectivity index (χ2n) is 5.25. The summed E-state index contributed by atoms with van der Waals surface area (Å²) in [6, 6.07) is 10.7. The van der Waals surface area contributed by atoms with Crippen molar-refractivity contribution < 1.29 is 9.18 Å². The monoisotopic (exact) mass is 375 g/mol. The quantitative estimate of drug-likeness (QED) is 0.744. The van der Waals surface area contributed by atoms with Crippen LogP contribution < -0.4 is 5.32 Å². The van der Waals surface area contributed by atoms with E-state index in [9.17, 15) is 9.18 Å². The molecular weight excluding hydrogens is 361 g/mol. The van der Waals surface area contributed by atoms with Crippen molar-refractivity contribution in [2.75, 3.05) is 6.54 Å². The van der Waals surface area contributed by atoms with Crippen LogP contribution in [0.2, 0.25) is 0 Å². The molecule has 2 aromatic heterocycles. The zero-order valence-electron chi connectivity index (χ0n) is 12.3. The Morgan fingerprint density at radius 1 is 1.17 bits per heavy atom. The van der Waals surface area contributed by atoms with E-state index in [0.717, 1.165) is 15.7 Å². The molecule has 1 aromatic carbocycles. The largest absolute Gasteiger partial charge is 0.355 e. The van der Waals surface area contributed by atoms with Gasteiger partial charge in [-0.2, -0.15) is 0 Å². The average molecular weight is 376 g/mol. The van der Waals surface area contributed by atoms with Crippen LogP contribution in [0.3, 0.4) is 0 Å². The third-order valence-electron chi connectivity index (χ3n) is 3.45. The average Bonchev–Trinajstić information content (AvgIpc) is 2.91. The highest BCUT2D eigenvalue weighted by molar-refractivity contribution is 9.10. The number of rotatable bonds is 5. The SMILES string of the molecule is O=C(Cc1ccc(Br)cc1)NCCc1cn2cc(F)ccc2n1. The first-order valence-corrected chi connectivity index (χ1v) is 8.04. The van der Waals surface area contributed by atoms with E-state index in [2.05, 4.69) is 26.2 Å². The van der Waals surface area contributed by atoms with Gasteiger partial charge in [0.25, 0.3) is 0 Å². The summed E-state index contributed by atoms with van der Waals surface area (Å²) in [5.41, 5.74) is 2.48. The predicted molar refractivity (Wildman–Crippen MR) is 89.7 cm³/mol. The van der Waals surface area contributed by atoms with E-state index in [1.807, 2.05) is 24.3 Å². The molecule has 1 N–H and O–H groups in total. The molecule has 23 heavy (non-hydrogen) atoms. The Hall–Kier alpha value is -2.21. The number of fused-ring (bicyclic) bond motifs is 1. The normalized spacial score (nSPS) is 10.9. The van der Waals surface area contributed by atoms with Gasteiger partial charge in [0.2, 0.25) is 5.91 Å². The molecule has 0 aliphatic heterocycles. The lowest BCUT2D eigenvalue weighted by atomic mass is 10.1. The Morgan fingerprint density at radius 3 is 2.74 bits per heavy atom. The minimum Gasteiger partial charge on any atom is -0.355 e. The molecule has 0 atom stereocenters. The lowest BCUT2D eigenvalue weighted by Gasteiger charge is -2.04. The minimum atomic E-state index is -0.302. The van der Waals surface area contributed by atoms with Gasteiger partial charge in [-0.3, -0.25) is 4.79 Å². The molecule has 2 heterocycles. The molecule has 118 valence electrons. The summed E-state index contributed by atoms with van der Waals surface area (Å²) >= 11 is 3.37. The standard InChI is InChI=1S/C17H15BrFN3O/c18-13-3-1-12(2-4-13)9-17(23)20-8-7-15-11-22-10-14(19)5-6-16(22)21-15/h1-6,10-11H,7-9H2,(H,20,23). The first-order valence-electron chi connectivity index (χ1n) is 7.24. The highest BCUT2D eigenvalue weighted by atomic mass is 79.9. The fraction of sp³-hybridized carbons (Fsp3) is 0.176. The third kappa shape index (κ3) is 4.16. The van der Waals surface area contributed by atoms with Crippen molar-refractivity contribution in [2.24, 2.45) is 0 Å². The summed E-state index contributed by atoms with van der Waals surface area (Å²) in [6.07, 6.45) is 4.12. The van der Waals surface area contributed by atoms with Crippen molar-refractivity contribution in [3.63, 3.8) is 0 Å². The summed E-state index contributed by atoms with van der Waals surface area (Å²) in [4.78, 5) is 16.3. The molecule has 0 fully saturated rings. The first kappa shape index (κ1) is 15.7. The molecule has 6 heteroatoms. The number of imidazole rings is 1. The van der Waals surface area contributed by atoms with Crippen molar-refractivity contribution in [3.05, 3.63) is 70.3 Å². The topological polar surface area (TPSA) is 46.4 Å². The fourth-order valence-electron chi connectivity index (χ4n) is 2.32. The van der Waals surface area contributed by atoms with Gasteiger partial charge in [-0.05, 0) is 29.8 Å². The molecule has 3 rings (SSSR count). The highest BCUT2D eigenvalue weighted by Gasteiger charge is 2.05. The molecule has 0 aliphatic carbocycles. The number of halogens is 2. The van der Waals surface area contributed by atoms with Gasteiger partial charge in [-0.25, -0.2) is 9.37 Å². The Kier molecular flexibility index (Phi) is 4.71. The molecule has 0 spiro atoms. The van der Waals surface area contributed by atoms with Gasteiger partial charge in [0.15, 0.2) is 0 Å². The van der Waals surface area contributed by atoms with Crippen LogP contribution in [0.4, 0.5) is 4.39 Å². The summed E-state index contributed by atoms with van der Waals surface area (Å²) < 4.78 is 15.8. The highest BCUT2D eigenvalue weighted by Crippen LogP contribution is 2.11. The van der Waals surface area contributed by atoms with E-state index < -0.39 is 0 Å². The van der Waals surface area contributed by atoms with Crippen molar-refractivity contribution in [1.82, 2.24) is 14.7 Å². The van der Waals surface area contributed by atoms with Crippen LogP contribution in [0.1, 0.15) is 11.3 Å². The summed E-state index contributed by atoms with van der Waals surface area (Å²) in [7, 11) is 0. The molecule has 0 unspecified atom stereocenters. The second-order valence-corrected chi connectivity index (χ2v) is 6.16. The molecule has 4 nitrogen and oxygen atoms in total. The number of nitrogens with one attached hydrogen (secondary N) is 1. The van der Waals surface area contributed by atoms with Gasteiger partial charge >= 0.3 is 0 Å². The zero-order chi connectivity index (χ0) is 16.2. The number of amides is 1. The van der Waals surface area contributed by atoms with E-state index in [1.165, 1.54) is 12.3 Å². The Balaban J connectivity index is 1.51. The van der Waals surface area contributed by atoms with E-state index in [4.69, 9.17) is 0 Å². The van der Waals surface area contributed by atoms with E-state index in [0.29, 0.717) is 25.0 Å². The summed E-state index contributed by atoms with van der Waals surface area (Å²) in [5.74, 6) is -0.327. The molecular formula is C17H15BrFN3O. The molecule has 0 radical (unpaired) electrons. The van der Waals surface area contributed by atoms with Crippen LogP contribution in [0, 0.1) is 5.82 Å². The van der Waals surface area contributed by atoms with Gasteiger partial charge < -0.3 is 9.72 Å². The molecule has 1 amide bonds. The van der Waals surface area contributed by atoms with Gasteiger partial charge in [0.05, 0.1) is 12.1 Å². The predicted octanol–water partition coefficient (Wildman–Crippen LogP) is 3.14. The molecule has 0 saturated heterocycles. The van der Waals surface area contributed by atoms with Crippen LogP contribution in [0.25, 0.3) is 5.65 Å². The molecule has 3 aromatic rings. The number of pyridine rings is 1. The smallest absolute Gasteiger partial charge is 0.224 e. The summed E-state index contributed by atoms with van der Waals surface area (Å²) in [6.45, 7) is 0.502. The van der Waals surface area contributed by atoms with E-state index >= 15 is 0 Å². The molecule has 0 aliphatic rings.